The summed E-state index contributed by atoms with van der Waals surface area (Å²) in [5, 5.41) is 20.9. The third kappa shape index (κ3) is 1.87. The van der Waals surface area contributed by atoms with Crippen LogP contribution < -0.4 is 0 Å². The van der Waals surface area contributed by atoms with Crippen LogP contribution in [-0.2, 0) is 10.3 Å². The van der Waals surface area contributed by atoms with Crippen molar-refractivity contribution < 1.29 is 19.6 Å². The number of carbonyl (C=O) groups excluding carboxylic acids is 1. The molecule has 1 saturated carbocycles. The van der Waals surface area contributed by atoms with Gasteiger partial charge in [-0.1, -0.05) is 6.07 Å². The topological polar surface area (TPSA) is 89.7 Å². The van der Waals surface area contributed by atoms with E-state index in [-0.39, 0.29) is 16.8 Å². The molecule has 1 N–H and O–H groups in total. The molecular weight excluding hydrogens is 226 g/mol. The normalized spacial score (nSPS) is 16.4. The van der Waals surface area contributed by atoms with E-state index < -0.39 is 16.5 Å². The van der Waals surface area contributed by atoms with Crippen LogP contribution in [0.25, 0.3) is 0 Å². The van der Waals surface area contributed by atoms with E-state index in [1.165, 1.54) is 25.3 Å². The molecule has 1 aliphatic rings. The Morgan fingerprint density at radius 1 is 1.53 bits per heavy atom. The highest BCUT2D eigenvalue weighted by atomic mass is 16.6. The van der Waals surface area contributed by atoms with Crippen LogP contribution in [0.1, 0.15) is 28.8 Å². The Kier molecular flexibility index (Phi) is 2.59. The molecule has 0 amide bonds. The van der Waals surface area contributed by atoms with Crippen molar-refractivity contribution in [1.29, 1.82) is 0 Å². The van der Waals surface area contributed by atoms with Crippen LogP contribution in [0.4, 0.5) is 5.69 Å². The Labute approximate surface area is 97.0 Å². The monoisotopic (exact) mass is 237 g/mol. The molecule has 1 aliphatic carbocycles. The Hall–Kier alpha value is -1.95. The summed E-state index contributed by atoms with van der Waals surface area (Å²) in [5.41, 5.74) is -1.38. The summed E-state index contributed by atoms with van der Waals surface area (Å²) in [6.45, 7) is 0. The number of hydrogen-bond donors (Lipinski definition) is 1. The van der Waals surface area contributed by atoms with Gasteiger partial charge in [-0.05, 0) is 18.9 Å². The van der Waals surface area contributed by atoms with Crippen molar-refractivity contribution in [3.05, 3.63) is 39.4 Å². The second kappa shape index (κ2) is 3.81. The molecule has 1 aromatic carbocycles. The Balaban J connectivity index is 2.64. The summed E-state index contributed by atoms with van der Waals surface area (Å²) in [7, 11) is 1.20. The standard InChI is InChI=1S/C11H11NO5/c1-17-10(13)7-3-2-4-8(12(15)16)9(7)11(14)5-6-11/h2-4,14H,5-6H2,1H3. The van der Waals surface area contributed by atoms with Gasteiger partial charge in [0.1, 0.15) is 0 Å². The summed E-state index contributed by atoms with van der Waals surface area (Å²) in [6, 6.07) is 4.10. The van der Waals surface area contributed by atoms with Crippen LogP contribution in [-0.4, -0.2) is 23.1 Å². The number of aliphatic hydroxyl groups is 1. The fourth-order valence-corrected chi connectivity index (χ4v) is 1.83. The summed E-state index contributed by atoms with van der Waals surface area (Å²) < 4.78 is 4.56. The molecule has 1 aromatic rings. The van der Waals surface area contributed by atoms with Gasteiger partial charge in [-0.25, -0.2) is 4.79 Å². The first-order chi connectivity index (χ1) is 7.99. The molecular formula is C11H11NO5. The van der Waals surface area contributed by atoms with Crippen LogP contribution in [0.3, 0.4) is 0 Å². The van der Waals surface area contributed by atoms with E-state index in [0.717, 1.165) is 0 Å². The third-order valence-corrected chi connectivity index (χ3v) is 2.83. The minimum Gasteiger partial charge on any atom is -0.465 e. The Morgan fingerprint density at radius 2 is 2.18 bits per heavy atom. The van der Waals surface area contributed by atoms with Gasteiger partial charge in [0, 0.05) is 6.07 Å². The molecule has 0 unspecified atom stereocenters. The lowest BCUT2D eigenvalue weighted by Gasteiger charge is -2.12. The SMILES string of the molecule is COC(=O)c1cccc([N+](=O)[O-])c1C1(O)CC1. The van der Waals surface area contributed by atoms with E-state index in [1.807, 2.05) is 0 Å². The van der Waals surface area contributed by atoms with Gasteiger partial charge in [-0.15, -0.1) is 0 Å². The van der Waals surface area contributed by atoms with E-state index in [0.29, 0.717) is 12.8 Å². The highest BCUT2D eigenvalue weighted by molar-refractivity contribution is 5.93. The highest BCUT2D eigenvalue weighted by Gasteiger charge is 2.49. The van der Waals surface area contributed by atoms with Crippen molar-refractivity contribution in [3.8, 4) is 0 Å². The number of nitro groups is 1. The maximum Gasteiger partial charge on any atom is 0.338 e. The Morgan fingerprint density at radius 3 is 2.65 bits per heavy atom. The lowest BCUT2D eigenvalue weighted by molar-refractivity contribution is -0.386. The van der Waals surface area contributed by atoms with Crippen molar-refractivity contribution in [2.24, 2.45) is 0 Å². The maximum absolute atomic E-state index is 11.5. The molecule has 2 rings (SSSR count). The number of ether oxygens (including phenoxy) is 1. The highest BCUT2D eigenvalue weighted by Crippen LogP contribution is 2.50. The van der Waals surface area contributed by atoms with Crippen molar-refractivity contribution in [3.63, 3.8) is 0 Å². The number of esters is 1. The lowest BCUT2D eigenvalue weighted by atomic mass is 9.98. The van der Waals surface area contributed by atoms with Crippen LogP contribution in [0.5, 0.6) is 0 Å². The third-order valence-electron chi connectivity index (χ3n) is 2.83. The largest absolute Gasteiger partial charge is 0.465 e. The molecule has 0 heterocycles. The number of methoxy groups -OCH3 is 1. The fraction of sp³-hybridized carbons (Fsp3) is 0.364. The molecule has 90 valence electrons. The number of rotatable bonds is 3. The summed E-state index contributed by atoms with van der Waals surface area (Å²) in [5.74, 6) is -0.677. The average molecular weight is 237 g/mol. The zero-order chi connectivity index (χ0) is 12.6. The quantitative estimate of drug-likeness (QED) is 0.487. The number of nitrogens with zero attached hydrogens (tertiary/aromatic N) is 1. The molecule has 0 saturated heterocycles. The first-order valence-corrected chi connectivity index (χ1v) is 5.08. The van der Waals surface area contributed by atoms with E-state index in [2.05, 4.69) is 4.74 Å². The van der Waals surface area contributed by atoms with Gasteiger partial charge in [-0.3, -0.25) is 10.1 Å². The average Bonchev–Trinajstić information content (AvgIpc) is 3.06. The van der Waals surface area contributed by atoms with E-state index in [4.69, 9.17) is 0 Å². The van der Waals surface area contributed by atoms with Gasteiger partial charge in [-0.2, -0.15) is 0 Å². The summed E-state index contributed by atoms with van der Waals surface area (Å²) in [4.78, 5) is 21.8. The number of carbonyl (C=O) groups is 1. The zero-order valence-electron chi connectivity index (χ0n) is 9.17. The summed E-state index contributed by atoms with van der Waals surface area (Å²) in [6.07, 6.45) is 0.837. The van der Waals surface area contributed by atoms with Gasteiger partial charge in [0.2, 0.25) is 0 Å². The van der Waals surface area contributed by atoms with Crippen LogP contribution in [0.2, 0.25) is 0 Å². The van der Waals surface area contributed by atoms with Crippen molar-refractivity contribution in [2.45, 2.75) is 18.4 Å². The molecule has 0 spiro atoms. The lowest BCUT2D eigenvalue weighted by Crippen LogP contribution is -2.16. The van der Waals surface area contributed by atoms with Crippen LogP contribution in [0, 0.1) is 10.1 Å². The van der Waals surface area contributed by atoms with E-state index in [9.17, 15) is 20.0 Å². The molecule has 0 bridgehead atoms. The second-order valence-corrected chi connectivity index (χ2v) is 3.98. The first-order valence-electron chi connectivity index (χ1n) is 5.08. The molecule has 0 radical (unpaired) electrons. The molecule has 0 aliphatic heterocycles. The van der Waals surface area contributed by atoms with Crippen molar-refractivity contribution >= 4 is 11.7 Å². The van der Waals surface area contributed by atoms with Gasteiger partial charge in [0.05, 0.1) is 28.8 Å². The van der Waals surface area contributed by atoms with Gasteiger partial charge in [0.15, 0.2) is 0 Å². The zero-order valence-corrected chi connectivity index (χ0v) is 9.17. The van der Waals surface area contributed by atoms with E-state index in [1.54, 1.807) is 0 Å². The van der Waals surface area contributed by atoms with Crippen molar-refractivity contribution in [1.82, 2.24) is 0 Å². The smallest absolute Gasteiger partial charge is 0.338 e. The van der Waals surface area contributed by atoms with E-state index >= 15 is 0 Å². The predicted octanol–water partition coefficient (Wildman–Crippen LogP) is 1.36. The fourth-order valence-electron chi connectivity index (χ4n) is 1.83. The summed E-state index contributed by atoms with van der Waals surface area (Å²) >= 11 is 0. The first kappa shape index (κ1) is 11.5. The molecule has 6 nitrogen and oxygen atoms in total. The van der Waals surface area contributed by atoms with Crippen LogP contribution >= 0.6 is 0 Å². The molecule has 1 fully saturated rings. The molecule has 17 heavy (non-hydrogen) atoms. The Bertz CT molecular complexity index is 493. The second-order valence-electron chi connectivity index (χ2n) is 3.98. The van der Waals surface area contributed by atoms with Gasteiger partial charge in [0.25, 0.3) is 5.69 Å². The minimum atomic E-state index is -1.26. The minimum absolute atomic E-state index is 0.0571. The molecule has 0 atom stereocenters. The van der Waals surface area contributed by atoms with Gasteiger partial charge >= 0.3 is 5.97 Å². The number of hydrogen-bond acceptors (Lipinski definition) is 5. The van der Waals surface area contributed by atoms with Crippen LogP contribution in [0.15, 0.2) is 18.2 Å². The van der Waals surface area contributed by atoms with Crippen molar-refractivity contribution in [2.75, 3.05) is 7.11 Å². The number of nitro benzene ring substituents is 1. The molecule has 6 heteroatoms. The maximum atomic E-state index is 11.5. The van der Waals surface area contributed by atoms with Gasteiger partial charge < -0.3 is 9.84 Å². The predicted molar refractivity (Wildman–Crippen MR) is 57.6 cm³/mol. The number of benzene rings is 1. The molecule has 0 aromatic heterocycles.